The SMILES string of the molecule is CCC1=[C]([Mo])CC=C1.[H-]. The van der Waals surface area contributed by atoms with E-state index in [-0.39, 0.29) is 1.43 Å². The molecule has 0 fully saturated rings. The van der Waals surface area contributed by atoms with Gasteiger partial charge in [-0.25, -0.2) is 0 Å². The van der Waals surface area contributed by atoms with Crippen molar-refractivity contribution in [3.8, 4) is 0 Å². The van der Waals surface area contributed by atoms with Crippen LogP contribution in [0.4, 0.5) is 0 Å². The van der Waals surface area contributed by atoms with Gasteiger partial charge in [0.25, 0.3) is 0 Å². The standard InChI is InChI=1S/C7H9.Mo.H/c1-2-7-5-3-4-6-7;;/h3,5H,2,4H2,1H3;;/q;;-1. The number of rotatable bonds is 1. The van der Waals surface area contributed by atoms with Gasteiger partial charge in [0.05, 0.1) is 0 Å². The van der Waals surface area contributed by atoms with Crippen LogP contribution in [0, 0.1) is 0 Å². The Morgan fingerprint density at radius 1 is 1.88 bits per heavy atom. The second-order valence-electron chi connectivity index (χ2n) is 1.91. The molecule has 0 aliphatic heterocycles. The smallest absolute Gasteiger partial charge is 1.00 e. The van der Waals surface area contributed by atoms with E-state index in [0.29, 0.717) is 0 Å². The molecule has 0 unspecified atom stereocenters. The second-order valence-corrected chi connectivity index (χ2v) is 3.12. The largest absolute Gasteiger partial charge is 1.00 e. The fourth-order valence-electron chi connectivity index (χ4n) is 0.847. The summed E-state index contributed by atoms with van der Waals surface area (Å²) in [5, 5.41) is 0. The van der Waals surface area contributed by atoms with Crippen molar-refractivity contribution in [3.05, 3.63) is 21.7 Å². The summed E-state index contributed by atoms with van der Waals surface area (Å²) in [4.78, 5) is 0. The molecule has 1 rings (SSSR count). The Kier molecular flexibility index (Phi) is 2.07. The van der Waals surface area contributed by atoms with Crippen LogP contribution < -0.4 is 0 Å². The van der Waals surface area contributed by atoms with Gasteiger partial charge in [-0.2, -0.15) is 0 Å². The summed E-state index contributed by atoms with van der Waals surface area (Å²) in [6.45, 7) is 2.20. The minimum atomic E-state index is 0. The van der Waals surface area contributed by atoms with Gasteiger partial charge < -0.3 is 1.43 Å². The zero-order valence-corrected chi connectivity index (χ0v) is 6.98. The van der Waals surface area contributed by atoms with Crippen LogP contribution in [0.3, 0.4) is 0 Å². The van der Waals surface area contributed by atoms with Gasteiger partial charge in [-0.1, -0.05) is 0 Å². The Hall–Kier alpha value is 0.168. The van der Waals surface area contributed by atoms with E-state index in [4.69, 9.17) is 0 Å². The van der Waals surface area contributed by atoms with E-state index in [9.17, 15) is 0 Å². The Morgan fingerprint density at radius 3 is 2.88 bits per heavy atom. The average molecular weight is 190 g/mol. The molecule has 0 saturated heterocycles. The molecule has 0 N–H and O–H groups in total. The minimum absolute atomic E-state index is 0. The van der Waals surface area contributed by atoms with E-state index in [1.807, 2.05) is 0 Å². The maximum absolute atomic E-state index is 2.23. The van der Waals surface area contributed by atoms with Crippen LogP contribution in [-0.2, 0) is 19.8 Å². The average Bonchev–Trinajstić information content (AvgIpc) is 2.14. The predicted octanol–water partition coefficient (Wildman–Crippen LogP) is 2.27. The quantitative estimate of drug-likeness (QED) is 0.556. The van der Waals surface area contributed by atoms with Crippen molar-refractivity contribution < 1.29 is 21.2 Å². The molecule has 0 atom stereocenters. The topological polar surface area (TPSA) is 0 Å². The van der Waals surface area contributed by atoms with E-state index >= 15 is 0 Å². The van der Waals surface area contributed by atoms with Crippen LogP contribution in [0.25, 0.3) is 0 Å². The van der Waals surface area contributed by atoms with Crippen molar-refractivity contribution in [3.63, 3.8) is 0 Å². The van der Waals surface area contributed by atoms with Gasteiger partial charge in [0.1, 0.15) is 0 Å². The fraction of sp³-hybridized carbons (Fsp3) is 0.429. The van der Waals surface area contributed by atoms with Gasteiger partial charge in [-0.15, -0.1) is 0 Å². The Morgan fingerprint density at radius 2 is 2.62 bits per heavy atom. The van der Waals surface area contributed by atoms with Crippen molar-refractivity contribution in [2.75, 3.05) is 0 Å². The Labute approximate surface area is 63.1 Å². The van der Waals surface area contributed by atoms with Crippen molar-refractivity contribution in [1.29, 1.82) is 0 Å². The van der Waals surface area contributed by atoms with Gasteiger partial charge in [0, 0.05) is 0 Å². The summed E-state index contributed by atoms with van der Waals surface area (Å²) in [7, 11) is 0. The first-order chi connectivity index (χ1) is 3.84. The van der Waals surface area contributed by atoms with Gasteiger partial charge >= 0.3 is 61.3 Å². The molecule has 8 heavy (non-hydrogen) atoms. The molecule has 1 heteroatoms. The molecule has 0 nitrogen and oxygen atoms in total. The van der Waals surface area contributed by atoms with E-state index in [0.717, 1.165) is 0 Å². The minimum Gasteiger partial charge on any atom is -1.00 e. The summed E-state index contributed by atoms with van der Waals surface area (Å²) < 4.78 is 1.56. The molecule has 0 radical (unpaired) electrons. The number of hydrogen-bond acceptors (Lipinski definition) is 0. The fourth-order valence-corrected chi connectivity index (χ4v) is 1.61. The van der Waals surface area contributed by atoms with Gasteiger partial charge in [-0.3, -0.25) is 0 Å². The zero-order chi connectivity index (χ0) is 5.98. The van der Waals surface area contributed by atoms with Crippen molar-refractivity contribution in [2.45, 2.75) is 19.8 Å². The normalized spacial score (nSPS) is 18.1. The molecule has 0 aromatic rings. The van der Waals surface area contributed by atoms with Gasteiger partial charge in [-0.05, 0) is 0 Å². The molecule has 0 aromatic carbocycles. The molecule has 1 aliphatic rings. The Balaban J connectivity index is 0.000000640. The molecule has 1 aliphatic carbocycles. The number of allylic oxidation sites excluding steroid dienone is 4. The Bertz CT molecular complexity index is 147. The molecule has 0 amide bonds. The number of hydrogen-bond donors (Lipinski definition) is 0. The molecular formula is C7H10Mo-. The van der Waals surface area contributed by atoms with Crippen molar-refractivity contribution in [2.24, 2.45) is 0 Å². The maximum atomic E-state index is 2.23. The van der Waals surface area contributed by atoms with Crippen molar-refractivity contribution >= 4 is 0 Å². The first-order valence-electron chi connectivity index (χ1n) is 2.90. The summed E-state index contributed by atoms with van der Waals surface area (Å²) in [5.74, 6) is 0. The molecule has 0 spiro atoms. The third-order valence-corrected chi connectivity index (χ3v) is 2.42. The molecule has 45 valence electrons. The van der Waals surface area contributed by atoms with E-state index < -0.39 is 0 Å². The second kappa shape index (κ2) is 2.64. The third kappa shape index (κ3) is 1.11. The van der Waals surface area contributed by atoms with E-state index in [1.165, 1.54) is 18.4 Å². The van der Waals surface area contributed by atoms with Gasteiger partial charge in [0.15, 0.2) is 0 Å². The zero-order valence-electron chi connectivity index (χ0n) is 5.98. The van der Waals surface area contributed by atoms with E-state index in [1.54, 1.807) is 3.96 Å². The molecule has 0 heterocycles. The van der Waals surface area contributed by atoms with Crippen LogP contribution >= 0.6 is 0 Å². The maximum Gasteiger partial charge on any atom is -1.00 e. The van der Waals surface area contributed by atoms with Gasteiger partial charge in [0.2, 0.25) is 0 Å². The van der Waals surface area contributed by atoms with Crippen LogP contribution in [0.15, 0.2) is 21.7 Å². The molecular weight excluding hydrogens is 180 g/mol. The van der Waals surface area contributed by atoms with Crippen LogP contribution in [-0.4, -0.2) is 0 Å². The molecule has 0 bridgehead atoms. The monoisotopic (exact) mass is 192 g/mol. The first kappa shape index (κ1) is 6.29. The summed E-state index contributed by atoms with van der Waals surface area (Å²) in [6, 6.07) is 0. The molecule has 0 saturated carbocycles. The third-order valence-electron chi connectivity index (χ3n) is 1.36. The van der Waals surface area contributed by atoms with Crippen LogP contribution in [0.2, 0.25) is 0 Å². The predicted molar refractivity (Wildman–Crippen MR) is 32.2 cm³/mol. The summed E-state index contributed by atoms with van der Waals surface area (Å²) in [5.41, 5.74) is 1.54. The molecule has 0 aromatic heterocycles. The van der Waals surface area contributed by atoms with E-state index in [2.05, 4.69) is 38.9 Å². The first-order valence-corrected chi connectivity index (χ1v) is 3.90. The van der Waals surface area contributed by atoms with Crippen LogP contribution in [0.1, 0.15) is 21.2 Å². The van der Waals surface area contributed by atoms with Crippen molar-refractivity contribution in [1.82, 2.24) is 0 Å². The van der Waals surface area contributed by atoms with Crippen LogP contribution in [0.5, 0.6) is 0 Å². The summed E-state index contributed by atoms with van der Waals surface area (Å²) >= 11 is 2.14. The summed E-state index contributed by atoms with van der Waals surface area (Å²) in [6.07, 6.45) is 6.85.